The van der Waals surface area contributed by atoms with E-state index in [2.05, 4.69) is 41.5 Å². The van der Waals surface area contributed by atoms with Crippen LogP contribution in [-0.4, -0.2) is 75.5 Å². The number of guanidine groups is 1. The van der Waals surface area contributed by atoms with Crippen molar-refractivity contribution in [2.75, 3.05) is 53.9 Å². The number of carbonyl (C=O) groups excluding carboxylic acids is 1. The summed E-state index contributed by atoms with van der Waals surface area (Å²) in [7, 11) is 5.99. The maximum Gasteiger partial charge on any atom is 0.220 e. The maximum absolute atomic E-state index is 11.5. The van der Waals surface area contributed by atoms with Gasteiger partial charge < -0.3 is 20.4 Å². The predicted molar refractivity (Wildman–Crippen MR) is 126 cm³/mol. The van der Waals surface area contributed by atoms with Crippen molar-refractivity contribution in [2.24, 2.45) is 10.9 Å². The average molecular weight is 495 g/mol. The number of likely N-dealkylation sites (tertiary alicyclic amines) is 1. The van der Waals surface area contributed by atoms with Crippen molar-refractivity contribution in [3.8, 4) is 0 Å². The van der Waals surface area contributed by atoms with E-state index in [1.54, 1.807) is 7.05 Å². The number of hydrogen-bond acceptors (Lipinski definition) is 3. The van der Waals surface area contributed by atoms with Crippen LogP contribution in [0.25, 0.3) is 0 Å². The molecule has 0 atom stereocenters. The summed E-state index contributed by atoms with van der Waals surface area (Å²) in [5.74, 6) is 1.73. The van der Waals surface area contributed by atoms with Crippen molar-refractivity contribution >= 4 is 35.8 Å². The monoisotopic (exact) mass is 495 g/mol. The molecule has 1 heterocycles. The van der Waals surface area contributed by atoms with Crippen molar-refractivity contribution in [3.63, 3.8) is 0 Å². The van der Waals surface area contributed by atoms with E-state index >= 15 is 0 Å². The lowest BCUT2D eigenvalue weighted by Crippen LogP contribution is -2.46. The molecular formula is C20H42IN5O. The molecule has 0 spiro atoms. The number of halogens is 1. The molecule has 0 radical (unpaired) electrons. The summed E-state index contributed by atoms with van der Waals surface area (Å²) < 4.78 is 0. The van der Waals surface area contributed by atoms with Gasteiger partial charge in [-0.2, -0.15) is 0 Å². The molecule has 7 heteroatoms. The number of piperidine rings is 1. The fraction of sp³-hybridized carbons (Fsp3) is 0.900. The number of aliphatic imine (C=N–C) groups is 1. The Bertz CT molecular complexity index is 409. The van der Waals surface area contributed by atoms with Gasteiger partial charge in [0.25, 0.3) is 0 Å². The van der Waals surface area contributed by atoms with E-state index in [1.165, 1.54) is 38.6 Å². The van der Waals surface area contributed by atoms with Crippen molar-refractivity contribution in [1.82, 2.24) is 20.4 Å². The summed E-state index contributed by atoms with van der Waals surface area (Å²) in [6.45, 7) is 7.13. The third-order valence-corrected chi connectivity index (χ3v) is 5.03. The number of amides is 1. The smallest absolute Gasteiger partial charge is 0.220 e. The average Bonchev–Trinajstić information content (AvgIpc) is 2.63. The first kappa shape index (κ1) is 26.4. The highest BCUT2D eigenvalue weighted by Gasteiger charge is 2.22. The second kappa shape index (κ2) is 16.4. The van der Waals surface area contributed by atoms with Crippen molar-refractivity contribution in [2.45, 2.75) is 58.3 Å². The van der Waals surface area contributed by atoms with Crippen molar-refractivity contribution < 1.29 is 4.79 Å². The van der Waals surface area contributed by atoms with Gasteiger partial charge >= 0.3 is 0 Å². The van der Waals surface area contributed by atoms with Crippen LogP contribution in [0.5, 0.6) is 0 Å². The molecule has 0 bridgehead atoms. The van der Waals surface area contributed by atoms with Crippen LogP contribution in [0.2, 0.25) is 0 Å². The van der Waals surface area contributed by atoms with Crippen LogP contribution in [0.15, 0.2) is 4.99 Å². The molecule has 160 valence electrons. The number of nitrogens with zero attached hydrogens (tertiary/aromatic N) is 3. The summed E-state index contributed by atoms with van der Waals surface area (Å²) >= 11 is 0. The lowest BCUT2D eigenvalue weighted by Gasteiger charge is -2.34. The van der Waals surface area contributed by atoms with Crippen LogP contribution in [0.4, 0.5) is 0 Å². The molecule has 1 amide bonds. The lowest BCUT2D eigenvalue weighted by molar-refractivity contribution is -0.121. The van der Waals surface area contributed by atoms with Crippen molar-refractivity contribution in [1.29, 1.82) is 0 Å². The molecule has 0 unspecified atom stereocenters. The minimum Gasteiger partial charge on any atom is -0.359 e. The molecule has 0 aromatic heterocycles. The molecule has 1 fully saturated rings. The van der Waals surface area contributed by atoms with E-state index in [4.69, 9.17) is 4.99 Å². The summed E-state index contributed by atoms with van der Waals surface area (Å²) in [5.41, 5.74) is 0. The fourth-order valence-corrected chi connectivity index (χ4v) is 3.39. The topological polar surface area (TPSA) is 60.0 Å². The third kappa shape index (κ3) is 12.5. The Morgan fingerprint density at radius 3 is 2.33 bits per heavy atom. The molecular weight excluding hydrogens is 453 g/mol. The Hall–Kier alpha value is -0.570. The number of rotatable bonds is 11. The van der Waals surface area contributed by atoms with E-state index in [9.17, 15) is 4.79 Å². The summed E-state index contributed by atoms with van der Waals surface area (Å²) in [6, 6.07) is 0. The van der Waals surface area contributed by atoms with E-state index in [-0.39, 0.29) is 29.9 Å². The highest BCUT2D eigenvalue weighted by molar-refractivity contribution is 14.0. The van der Waals surface area contributed by atoms with Gasteiger partial charge in [-0.15, -0.1) is 24.0 Å². The quantitative estimate of drug-likeness (QED) is 0.200. The molecule has 1 aliphatic heterocycles. The van der Waals surface area contributed by atoms with Gasteiger partial charge in [0.05, 0.1) is 0 Å². The molecule has 1 saturated heterocycles. The minimum atomic E-state index is 0. The number of unbranched alkanes of at least 4 members (excludes halogenated alkanes) is 4. The fourth-order valence-electron chi connectivity index (χ4n) is 3.39. The highest BCUT2D eigenvalue weighted by atomic mass is 127. The largest absolute Gasteiger partial charge is 0.359 e. The van der Waals surface area contributed by atoms with Gasteiger partial charge in [0.15, 0.2) is 5.96 Å². The minimum absolute atomic E-state index is 0. The van der Waals surface area contributed by atoms with Gasteiger partial charge in [-0.1, -0.05) is 19.3 Å². The zero-order chi connectivity index (χ0) is 19.2. The van der Waals surface area contributed by atoms with E-state index in [0.717, 1.165) is 45.0 Å². The molecule has 0 aromatic rings. The molecule has 2 N–H and O–H groups in total. The first-order valence-corrected chi connectivity index (χ1v) is 10.4. The molecule has 1 rings (SSSR count). The van der Waals surface area contributed by atoms with Gasteiger partial charge in [-0.3, -0.25) is 9.79 Å². The number of carbonyl (C=O) groups is 1. The molecule has 0 saturated carbocycles. The molecule has 0 aliphatic carbocycles. The Morgan fingerprint density at radius 2 is 1.74 bits per heavy atom. The zero-order valence-corrected chi connectivity index (χ0v) is 20.3. The summed E-state index contributed by atoms with van der Waals surface area (Å²) in [5, 5.41) is 6.17. The van der Waals surface area contributed by atoms with E-state index < -0.39 is 0 Å². The van der Waals surface area contributed by atoms with Crippen LogP contribution in [0.1, 0.15) is 58.3 Å². The highest BCUT2D eigenvalue weighted by Crippen LogP contribution is 2.20. The first-order valence-electron chi connectivity index (χ1n) is 10.4. The molecule has 27 heavy (non-hydrogen) atoms. The van der Waals surface area contributed by atoms with Crippen LogP contribution >= 0.6 is 24.0 Å². The summed E-state index contributed by atoms with van der Waals surface area (Å²) in [4.78, 5) is 21.0. The molecule has 6 nitrogen and oxygen atoms in total. The van der Waals surface area contributed by atoms with Crippen LogP contribution < -0.4 is 10.6 Å². The van der Waals surface area contributed by atoms with Crippen LogP contribution in [0, 0.1) is 5.92 Å². The second-order valence-electron chi connectivity index (χ2n) is 7.61. The Labute approximate surface area is 183 Å². The number of nitrogens with one attached hydrogen (secondary N) is 2. The van der Waals surface area contributed by atoms with Crippen molar-refractivity contribution in [3.05, 3.63) is 0 Å². The van der Waals surface area contributed by atoms with Gasteiger partial charge in [-0.05, 0) is 59.2 Å². The first-order chi connectivity index (χ1) is 12.6. The predicted octanol–water partition coefficient (Wildman–Crippen LogP) is 2.93. The van der Waals surface area contributed by atoms with Gasteiger partial charge in [0.2, 0.25) is 5.91 Å². The van der Waals surface area contributed by atoms with Gasteiger partial charge in [0.1, 0.15) is 0 Å². The van der Waals surface area contributed by atoms with Crippen LogP contribution in [0.3, 0.4) is 0 Å². The SMILES string of the molecule is CCNC(=NCCCCCCCN(C)C)N1CCC(CC(=O)NC)CC1.I. The maximum atomic E-state index is 11.5. The third-order valence-electron chi connectivity index (χ3n) is 5.03. The second-order valence-corrected chi connectivity index (χ2v) is 7.61. The van der Waals surface area contributed by atoms with Gasteiger partial charge in [-0.25, -0.2) is 0 Å². The summed E-state index contributed by atoms with van der Waals surface area (Å²) in [6.07, 6.45) is 9.17. The number of hydrogen-bond donors (Lipinski definition) is 2. The Balaban J connectivity index is 0.00000676. The normalized spacial score (nSPS) is 15.6. The van der Waals surface area contributed by atoms with E-state index in [0.29, 0.717) is 12.3 Å². The molecule has 1 aliphatic rings. The Kier molecular flexibility index (Phi) is 16.0. The van der Waals surface area contributed by atoms with Gasteiger partial charge in [0, 0.05) is 39.6 Å². The van der Waals surface area contributed by atoms with Crippen LogP contribution in [-0.2, 0) is 4.79 Å². The zero-order valence-electron chi connectivity index (χ0n) is 17.9. The standard InChI is InChI=1S/C20H41N5O.HI/c1-5-22-20(23-13-9-7-6-8-10-14-24(3)4)25-15-11-18(12-16-25)17-19(26)21-2;/h18H,5-17H2,1-4H3,(H,21,26)(H,22,23);1H. The molecule has 0 aromatic carbocycles. The Morgan fingerprint density at radius 1 is 1.11 bits per heavy atom. The lowest BCUT2D eigenvalue weighted by atomic mass is 9.93. The van der Waals surface area contributed by atoms with E-state index in [1.807, 2.05) is 0 Å².